The van der Waals surface area contributed by atoms with Crippen molar-refractivity contribution in [3.63, 3.8) is 0 Å². The summed E-state index contributed by atoms with van der Waals surface area (Å²) in [7, 11) is 6.00. The predicted molar refractivity (Wildman–Crippen MR) is 40.4 cm³/mol. The second-order valence-corrected chi connectivity index (χ2v) is 1.34. The molecular weight excluding hydrogens is 114 g/mol. The van der Waals surface area contributed by atoms with Crippen molar-refractivity contribution in [3.8, 4) is 0 Å². The molecule has 0 aliphatic carbocycles. The van der Waals surface area contributed by atoms with Gasteiger partial charge in [0.1, 0.15) is 0 Å². The lowest BCUT2D eigenvalue weighted by Crippen LogP contribution is -1.99. The zero-order valence-electron chi connectivity index (χ0n) is 4.45. The van der Waals surface area contributed by atoms with Crippen molar-refractivity contribution < 1.29 is 0 Å². The normalized spacial score (nSPS) is 6.00. The maximum absolute atomic E-state index is 2.00. The molecule has 0 bridgehead atoms. The van der Waals surface area contributed by atoms with Gasteiger partial charge in [-0.2, -0.15) is 27.0 Å². The third-order valence-corrected chi connectivity index (χ3v) is 0. The average Bonchev–Trinajstić information content (AvgIpc) is 0.811. The first-order valence-electron chi connectivity index (χ1n) is 1.34. The lowest BCUT2D eigenvalue weighted by molar-refractivity contribution is 0.505. The lowest BCUT2D eigenvalue weighted by Gasteiger charge is -1.90. The molecule has 1 nitrogen and oxygen atoms in total. The van der Waals surface area contributed by atoms with E-state index in [4.69, 9.17) is 0 Å². The highest BCUT2D eigenvalue weighted by atomic mass is 32.1. The summed E-state index contributed by atoms with van der Waals surface area (Å²) >= 11 is 0. The van der Waals surface area contributed by atoms with Crippen molar-refractivity contribution in [1.82, 2.24) is 4.90 Å². The molecule has 0 saturated carbocycles. The molecule has 0 aromatic rings. The number of nitrogens with zero attached hydrogens (tertiary/aromatic N) is 1. The first-order valence-corrected chi connectivity index (χ1v) is 1.34. The SMILES string of the molecule is CN(C)C.S.S. The molecule has 0 aromatic heterocycles. The molecule has 0 aliphatic heterocycles. The first kappa shape index (κ1) is 15.9. The Morgan fingerprint density at radius 2 is 0.833 bits per heavy atom. The number of hydrogen-bond donors (Lipinski definition) is 0. The maximum Gasteiger partial charge on any atom is -0.0140 e. The fourth-order valence-corrected chi connectivity index (χ4v) is 0. The van der Waals surface area contributed by atoms with E-state index in [0.29, 0.717) is 0 Å². The fourth-order valence-electron chi connectivity index (χ4n) is 0. The van der Waals surface area contributed by atoms with Crippen LogP contribution >= 0.6 is 27.0 Å². The summed E-state index contributed by atoms with van der Waals surface area (Å²) in [6.45, 7) is 0. The van der Waals surface area contributed by atoms with E-state index in [0.717, 1.165) is 0 Å². The molecule has 6 heavy (non-hydrogen) atoms. The zero-order valence-corrected chi connectivity index (χ0v) is 6.45. The summed E-state index contributed by atoms with van der Waals surface area (Å²) in [6, 6.07) is 0. The molecular formula is C3H13NS2. The van der Waals surface area contributed by atoms with Gasteiger partial charge in [-0.3, -0.25) is 0 Å². The molecule has 0 spiro atoms. The van der Waals surface area contributed by atoms with Crippen molar-refractivity contribution in [3.05, 3.63) is 0 Å². The average molecular weight is 127 g/mol. The van der Waals surface area contributed by atoms with E-state index < -0.39 is 0 Å². The van der Waals surface area contributed by atoms with Crippen LogP contribution in [0.2, 0.25) is 0 Å². The Balaban J connectivity index is -0.0000000450. The van der Waals surface area contributed by atoms with Crippen molar-refractivity contribution in [2.45, 2.75) is 0 Å². The molecule has 3 heteroatoms. The van der Waals surface area contributed by atoms with Crippen molar-refractivity contribution in [2.24, 2.45) is 0 Å². The second kappa shape index (κ2) is 9.18. The smallest absolute Gasteiger partial charge is 0.0140 e. The van der Waals surface area contributed by atoms with Gasteiger partial charge in [-0.05, 0) is 21.1 Å². The Hall–Kier alpha value is 0.660. The molecule has 0 rings (SSSR count). The van der Waals surface area contributed by atoms with Crippen LogP contribution in [0.25, 0.3) is 0 Å². The van der Waals surface area contributed by atoms with Gasteiger partial charge in [0.25, 0.3) is 0 Å². The highest BCUT2D eigenvalue weighted by molar-refractivity contribution is 7.59. The third kappa shape index (κ3) is 143. The number of hydrogen-bond acceptors (Lipinski definition) is 1. The Bertz CT molecular complexity index is 13.5. The van der Waals surface area contributed by atoms with Crippen molar-refractivity contribution in [1.29, 1.82) is 0 Å². The predicted octanol–water partition coefficient (Wildman–Crippen LogP) is 0.403. The molecule has 0 unspecified atom stereocenters. The van der Waals surface area contributed by atoms with E-state index in [2.05, 4.69) is 0 Å². The van der Waals surface area contributed by atoms with E-state index in [9.17, 15) is 0 Å². The van der Waals surface area contributed by atoms with Gasteiger partial charge in [0.15, 0.2) is 0 Å². The summed E-state index contributed by atoms with van der Waals surface area (Å²) in [5.41, 5.74) is 0. The Morgan fingerprint density at radius 1 is 0.833 bits per heavy atom. The van der Waals surface area contributed by atoms with Crippen LogP contribution in [0.15, 0.2) is 0 Å². The van der Waals surface area contributed by atoms with Crippen LogP contribution < -0.4 is 0 Å². The van der Waals surface area contributed by atoms with Gasteiger partial charge >= 0.3 is 0 Å². The lowest BCUT2D eigenvalue weighted by atomic mass is 11.0. The summed E-state index contributed by atoms with van der Waals surface area (Å²) in [5.74, 6) is 0. The Morgan fingerprint density at radius 3 is 0.833 bits per heavy atom. The fraction of sp³-hybridized carbons (Fsp3) is 1.00. The highest BCUT2D eigenvalue weighted by Crippen LogP contribution is 1.47. The van der Waals surface area contributed by atoms with Crippen LogP contribution in [-0.2, 0) is 0 Å². The van der Waals surface area contributed by atoms with E-state index in [1.807, 2.05) is 26.0 Å². The minimum absolute atomic E-state index is 0. The van der Waals surface area contributed by atoms with Crippen LogP contribution in [0.5, 0.6) is 0 Å². The van der Waals surface area contributed by atoms with Crippen LogP contribution in [0.1, 0.15) is 0 Å². The van der Waals surface area contributed by atoms with E-state index in [1.54, 1.807) is 0 Å². The molecule has 0 heterocycles. The third-order valence-electron chi connectivity index (χ3n) is 0. The summed E-state index contributed by atoms with van der Waals surface area (Å²) in [6.07, 6.45) is 0. The van der Waals surface area contributed by atoms with E-state index >= 15 is 0 Å². The molecule has 0 atom stereocenters. The molecule has 0 fully saturated rings. The van der Waals surface area contributed by atoms with Gasteiger partial charge in [0.2, 0.25) is 0 Å². The molecule has 0 aliphatic rings. The zero-order chi connectivity index (χ0) is 3.58. The summed E-state index contributed by atoms with van der Waals surface area (Å²) in [4.78, 5) is 2.00. The molecule has 0 saturated heterocycles. The van der Waals surface area contributed by atoms with Gasteiger partial charge in [0, 0.05) is 0 Å². The summed E-state index contributed by atoms with van der Waals surface area (Å²) in [5, 5.41) is 0. The van der Waals surface area contributed by atoms with Crippen molar-refractivity contribution in [2.75, 3.05) is 21.1 Å². The van der Waals surface area contributed by atoms with E-state index in [1.165, 1.54) is 0 Å². The maximum atomic E-state index is 2.00. The topological polar surface area (TPSA) is 3.24 Å². The number of rotatable bonds is 0. The first-order chi connectivity index (χ1) is 1.73. The molecule has 0 N–H and O–H groups in total. The van der Waals surface area contributed by atoms with Gasteiger partial charge in [-0.25, -0.2) is 0 Å². The standard InChI is InChI=1S/C3H9N.2H2S/c1-4(2)3;;/h1-3H3;2*1H2. The minimum atomic E-state index is 0. The highest BCUT2D eigenvalue weighted by Gasteiger charge is 1.58. The molecule has 42 valence electrons. The van der Waals surface area contributed by atoms with Crippen LogP contribution in [0.4, 0.5) is 0 Å². The van der Waals surface area contributed by atoms with Crippen LogP contribution in [0, 0.1) is 0 Å². The van der Waals surface area contributed by atoms with Crippen molar-refractivity contribution >= 4 is 27.0 Å². The van der Waals surface area contributed by atoms with Crippen LogP contribution in [-0.4, -0.2) is 26.0 Å². The second-order valence-electron chi connectivity index (χ2n) is 1.34. The molecule has 0 radical (unpaired) electrons. The minimum Gasteiger partial charge on any atom is -0.312 e. The molecule has 0 aromatic carbocycles. The van der Waals surface area contributed by atoms with E-state index in [-0.39, 0.29) is 27.0 Å². The quantitative estimate of drug-likeness (QED) is 0.455. The largest absolute Gasteiger partial charge is 0.312 e. The van der Waals surface area contributed by atoms with Gasteiger partial charge < -0.3 is 4.90 Å². The Labute approximate surface area is 53.6 Å². The monoisotopic (exact) mass is 127 g/mol. The van der Waals surface area contributed by atoms with Gasteiger partial charge in [-0.15, -0.1) is 0 Å². The Kier molecular flexibility index (Phi) is 24.4. The van der Waals surface area contributed by atoms with Gasteiger partial charge in [0.05, 0.1) is 0 Å². The summed E-state index contributed by atoms with van der Waals surface area (Å²) < 4.78 is 0. The van der Waals surface area contributed by atoms with Crippen LogP contribution in [0.3, 0.4) is 0 Å². The molecule has 0 amide bonds. The van der Waals surface area contributed by atoms with Gasteiger partial charge in [-0.1, -0.05) is 0 Å².